The minimum atomic E-state index is -4.86. The summed E-state index contributed by atoms with van der Waals surface area (Å²) in [5.41, 5.74) is 10.5. The first-order chi connectivity index (χ1) is 25.2. The van der Waals surface area contributed by atoms with Gasteiger partial charge in [0.1, 0.15) is 17.2 Å². The van der Waals surface area contributed by atoms with Crippen molar-refractivity contribution in [3.8, 4) is 17.2 Å². The summed E-state index contributed by atoms with van der Waals surface area (Å²) in [6.07, 6.45) is -5.61. The van der Waals surface area contributed by atoms with Gasteiger partial charge in [0.05, 0.1) is 11.5 Å². The van der Waals surface area contributed by atoms with Crippen LogP contribution in [0, 0.1) is 0 Å². The summed E-state index contributed by atoms with van der Waals surface area (Å²) in [7, 11) is -4.40. The highest BCUT2D eigenvalue weighted by Gasteiger charge is 2.54. The van der Waals surface area contributed by atoms with Gasteiger partial charge in [0.25, 0.3) is 11.8 Å². The van der Waals surface area contributed by atoms with Crippen LogP contribution < -0.4 is 31.6 Å². The van der Waals surface area contributed by atoms with Gasteiger partial charge in [-0.05, 0) is 89.1 Å². The Morgan fingerprint density at radius 2 is 1.35 bits per heavy atom. The van der Waals surface area contributed by atoms with E-state index in [1.807, 2.05) is 0 Å². The molecule has 3 aromatic rings. The third kappa shape index (κ3) is 9.85. The second-order valence-electron chi connectivity index (χ2n) is 13.1. The molecule has 3 amide bonds. The van der Waals surface area contributed by atoms with E-state index in [1.165, 1.54) is 48.2 Å². The molecule has 0 aliphatic carbocycles. The highest BCUT2D eigenvalue weighted by molar-refractivity contribution is 7.93. The molecule has 2 heterocycles. The molecule has 0 spiro atoms. The van der Waals surface area contributed by atoms with Gasteiger partial charge < -0.3 is 41.2 Å². The van der Waals surface area contributed by atoms with E-state index in [1.54, 1.807) is 20.8 Å². The average Bonchev–Trinajstić information content (AvgIpc) is 3.08. The lowest BCUT2D eigenvalue weighted by molar-refractivity contribution is -0.274. The standard InChI is InChI=1S/C34H40F3N7O9S/c1-5-51-31(48)33(54(49,50)23-12-10-21(11-13-23)52-20-6-8-22(9-7-20)53-34(35,36)37)15-18-44(19-16-33)24(45)14-17-40-29(46)25-27(38)42-26(28(39)41-25)30(47)43-32(2,3)4/h6-13H,5,14-19H2,1-4H3,(H2,38,42)(H2,39,41)(H,40,46)(H,43,47). The number of nitrogens with one attached hydrogen (secondary N) is 2. The van der Waals surface area contributed by atoms with Crippen molar-refractivity contribution >= 4 is 45.2 Å². The summed E-state index contributed by atoms with van der Waals surface area (Å²) in [5, 5.41) is 5.17. The number of rotatable bonds is 12. The van der Waals surface area contributed by atoms with Gasteiger partial charge in [0, 0.05) is 31.6 Å². The van der Waals surface area contributed by atoms with Gasteiger partial charge in [0.15, 0.2) is 37.6 Å². The number of hydrogen-bond donors (Lipinski definition) is 4. The number of benzene rings is 2. The van der Waals surface area contributed by atoms with Crippen molar-refractivity contribution in [1.29, 1.82) is 0 Å². The first kappa shape index (κ1) is 41.1. The molecule has 1 aromatic heterocycles. The summed E-state index contributed by atoms with van der Waals surface area (Å²) in [4.78, 5) is 60.6. The van der Waals surface area contributed by atoms with Crippen LogP contribution in [0.5, 0.6) is 17.2 Å². The Morgan fingerprint density at radius 3 is 1.85 bits per heavy atom. The molecule has 54 heavy (non-hydrogen) atoms. The van der Waals surface area contributed by atoms with Crippen LogP contribution in [-0.2, 0) is 24.2 Å². The van der Waals surface area contributed by atoms with E-state index < -0.39 is 55.9 Å². The molecule has 0 unspecified atom stereocenters. The van der Waals surface area contributed by atoms with Crippen molar-refractivity contribution in [2.45, 2.75) is 68.5 Å². The molecule has 1 saturated heterocycles. The second-order valence-corrected chi connectivity index (χ2v) is 15.4. The Kier molecular flexibility index (Phi) is 12.3. The number of esters is 1. The summed E-state index contributed by atoms with van der Waals surface area (Å²) >= 11 is 0. The van der Waals surface area contributed by atoms with E-state index >= 15 is 0 Å². The van der Waals surface area contributed by atoms with Crippen LogP contribution in [0.4, 0.5) is 24.8 Å². The molecule has 292 valence electrons. The van der Waals surface area contributed by atoms with E-state index in [0.717, 1.165) is 12.1 Å². The number of sulfone groups is 1. The van der Waals surface area contributed by atoms with Gasteiger partial charge in [-0.1, -0.05) is 0 Å². The zero-order chi connectivity index (χ0) is 40.1. The number of nitrogens with zero attached hydrogens (tertiary/aromatic N) is 3. The van der Waals surface area contributed by atoms with Gasteiger partial charge in [-0.25, -0.2) is 18.4 Å². The lowest BCUT2D eigenvalue weighted by atomic mass is 9.95. The molecular weight excluding hydrogens is 739 g/mol. The smallest absolute Gasteiger partial charge is 0.465 e. The molecule has 0 radical (unpaired) electrons. The van der Waals surface area contributed by atoms with E-state index in [-0.39, 0.29) is 84.9 Å². The number of piperidine rings is 1. The van der Waals surface area contributed by atoms with Crippen molar-refractivity contribution in [2.24, 2.45) is 0 Å². The van der Waals surface area contributed by atoms with Crippen LogP contribution in [0.2, 0.25) is 0 Å². The van der Waals surface area contributed by atoms with Gasteiger partial charge in [-0.15, -0.1) is 13.2 Å². The van der Waals surface area contributed by atoms with Crippen LogP contribution in [-0.4, -0.2) is 89.9 Å². The quantitative estimate of drug-likeness (QED) is 0.193. The van der Waals surface area contributed by atoms with Crippen molar-refractivity contribution in [3.63, 3.8) is 0 Å². The number of ether oxygens (including phenoxy) is 3. The number of halogens is 3. The Bertz CT molecular complexity index is 1980. The molecule has 2 aromatic carbocycles. The molecule has 4 rings (SSSR count). The highest BCUT2D eigenvalue weighted by atomic mass is 32.2. The van der Waals surface area contributed by atoms with Crippen molar-refractivity contribution in [1.82, 2.24) is 25.5 Å². The predicted molar refractivity (Wildman–Crippen MR) is 187 cm³/mol. The van der Waals surface area contributed by atoms with Crippen LogP contribution in [0.25, 0.3) is 0 Å². The van der Waals surface area contributed by atoms with E-state index in [0.29, 0.717) is 0 Å². The summed E-state index contributed by atoms with van der Waals surface area (Å²) in [6, 6.07) is 9.68. The number of amides is 3. The normalized spacial score (nSPS) is 14.5. The highest BCUT2D eigenvalue weighted by Crippen LogP contribution is 2.38. The maximum Gasteiger partial charge on any atom is 0.573 e. The topological polar surface area (TPSA) is 235 Å². The molecule has 6 N–H and O–H groups in total. The van der Waals surface area contributed by atoms with Crippen molar-refractivity contribution in [3.05, 3.63) is 59.9 Å². The van der Waals surface area contributed by atoms with Crippen molar-refractivity contribution < 1.29 is 55.0 Å². The number of nitrogens with two attached hydrogens (primary N) is 2. The molecule has 0 bridgehead atoms. The molecule has 1 aliphatic heterocycles. The lowest BCUT2D eigenvalue weighted by Crippen LogP contribution is -2.56. The molecule has 0 saturated carbocycles. The van der Waals surface area contributed by atoms with Crippen LogP contribution in [0.15, 0.2) is 53.4 Å². The third-order valence-electron chi connectivity index (χ3n) is 8.01. The summed E-state index contributed by atoms with van der Waals surface area (Å²) < 4.78 is 78.0. The number of nitrogen functional groups attached to an aromatic ring is 2. The zero-order valence-corrected chi connectivity index (χ0v) is 30.6. The molecule has 20 heteroatoms. The average molecular weight is 780 g/mol. The van der Waals surface area contributed by atoms with Gasteiger partial charge in [-0.3, -0.25) is 19.2 Å². The summed E-state index contributed by atoms with van der Waals surface area (Å²) in [5.74, 6) is -3.63. The largest absolute Gasteiger partial charge is 0.573 e. The Labute approximate surface area is 308 Å². The summed E-state index contributed by atoms with van der Waals surface area (Å²) in [6.45, 7) is 6.29. The van der Waals surface area contributed by atoms with E-state index in [9.17, 15) is 40.8 Å². The minimum absolute atomic E-state index is 0.0919. The fourth-order valence-electron chi connectivity index (χ4n) is 5.44. The zero-order valence-electron chi connectivity index (χ0n) is 29.8. The number of alkyl halides is 3. The minimum Gasteiger partial charge on any atom is -0.465 e. The van der Waals surface area contributed by atoms with Crippen molar-refractivity contribution in [2.75, 3.05) is 37.7 Å². The van der Waals surface area contributed by atoms with E-state index in [2.05, 4.69) is 25.3 Å². The van der Waals surface area contributed by atoms with Gasteiger partial charge in [0.2, 0.25) is 5.91 Å². The first-order valence-electron chi connectivity index (χ1n) is 16.5. The third-order valence-corrected chi connectivity index (χ3v) is 10.5. The SMILES string of the molecule is CCOC(=O)C1(S(=O)(=O)c2ccc(Oc3ccc(OC(F)(F)F)cc3)cc2)CCN(C(=O)CCNC(=O)c2nc(N)c(C(=O)NC(C)(C)C)nc2N)CC1. The molecule has 0 atom stereocenters. The second kappa shape index (κ2) is 16.1. The fraction of sp³-hybridized carbons (Fsp3) is 0.412. The molecule has 16 nitrogen and oxygen atoms in total. The number of carbonyl (C=O) groups is 4. The Hall–Kier alpha value is -5.66. The first-order valence-corrected chi connectivity index (χ1v) is 18.0. The Morgan fingerprint density at radius 1 is 0.852 bits per heavy atom. The maximum absolute atomic E-state index is 14.0. The molecule has 1 fully saturated rings. The number of likely N-dealkylation sites (tertiary alicyclic amines) is 1. The number of aromatic nitrogens is 2. The fourth-order valence-corrected chi connectivity index (χ4v) is 7.38. The van der Waals surface area contributed by atoms with Crippen LogP contribution >= 0.6 is 0 Å². The van der Waals surface area contributed by atoms with Crippen LogP contribution in [0.3, 0.4) is 0 Å². The number of carbonyl (C=O) groups excluding carboxylic acids is 4. The van der Waals surface area contributed by atoms with Crippen LogP contribution in [0.1, 0.15) is 67.9 Å². The number of hydrogen-bond acceptors (Lipinski definition) is 13. The monoisotopic (exact) mass is 779 g/mol. The predicted octanol–water partition coefficient (Wildman–Crippen LogP) is 3.38. The molecule has 1 aliphatic rings. The Balaban J connectivity index is 1.38. The van der Waals surface area contributed by atoms with E-state index in [4.69, 9.17) is 20.9 Å². The molecular formula is C34H40F3N7O9S. The maximum atomic E-state index is 14.0. The lowest BCUT2D eigenvalue weighted by Gasteiger charge is -2.39. The number of anilines is 2. The van der Waals surface area contributed by atoms with Gasteiger partial charge in [-0.2, -0.15) is 0 Å². The van der Waals surface area contributed by atoms with Gasteiger partial charge >= 0.3 is 12.3 Å².